The molecule has 0 saturated carbocycles. The van der Waals surface area contributed by atoms with Crippen molar-refractivity contribution in [3.8, 4) is 17.3 Å². The van der Waals surface area contributed by atoms with E-state index in [9.17, 15) is 9.90 Å². The maximum Gasteiger partial charge on any atom is 0.238 e. The molecule has 0 aliphatic heterocycles. The summed E-state index contributed by atoms with van der Waals surface area (Å²) in [5, 5.41) is 16.5. The zero-order chi connectivity index (χ0) is 18.7. The number of anilines is 1. The second kappa shape index (κ2) is 7.03. The molecule has 0 unspecified atom stereocenters. The first kappa shape index (κ1) is 17.7. The monoisotopic (exact) mass is 355 g/mol. The van der Waals surface area contributed by atoms with Crippen molar-refractivity contribution in [2.45, 2.75) is 39.0 Å². The highest BCUT2D eigenvalue weighted by Gasteiger charge is 2.17. The maximum absolute atomic E-state index is 12.2. The van der Waals surface area contributed by atoms with Gasteiger partial charge in [-0.05, 0) is 35.2 Å². The fourth-order valence-corrected chi connectivity index (χ4v) is 2.40. The van der Waals surface area contributed by atoms with Crippen LogP contribution in [0, 0.1) is 0 Å². The number of phenolic OH excluding ortho intramolecular Hbond substituents is 1. The molecule has 0 radical (unpaired) electrons. The lowest BCUT2D eigenvalue weighted by Gasteiger charge is -2.20. The third-order valence-corrected chi connectivity index (χ3v) is 3.91. The predicted molar refractivity (Wildman–Crippen MR) is 95.8 cm³/mol. The summed E-state index contributed by atoms with van der Waals surface area (Å²) in [5.41, 5.74) is 1.33. The highest BCUT2D eigenvalue weighted by atomic mass is 16.5. The number of furan rings is 1. The number of nitrogens with zero attached hydrogens (tertiary/aromatic N) is 2. The van der Waals surface area contributed by atoms with Crippen LogP contribution in [0.25, 0.3) is 11.6 Å². The highest BCUT2D eigenvalue weighted by molar-refractivity contribution is 5.92. The summed E-state index contributed by atoms with van der Waals surface area (Å²) in [6, 6.07) is 8.68. The summed E-state index contributed by atoms with van der Waals surface area (Å²) in [6.07, 6.45) is 1.97. The van der Waals surface area contributed by atoms with Crippen molar-refractivity contribution in [2.75, 3.05) is 5.32 Å². The molecule has 0 fully saturated rings. The molecular formula is C19H21N3O4. The molecule has 136 valence electrons. The number of hydrogen-bond donors (Lipinski definition) is 2. The van der Waals surface area contributed by atoms with E-state index in [4.69, 9.17) is 8.94 Å². The van der Waals surface area contributed by atoms with Gasteiger partial charge in [0.15, 0.2) is 5.76 Å². The Morgan fingerprint density at radius 1 is 1.27 bits per heavy atom. The van der Waals surface area contributed by atoms with Gasteiger partial charge in [-0.15, -0.1) is 0 Å². The minimum absolute atomic E-state index is 0.0317. The van der Waals surface area contributed by atoms with Gasteiger partial charge in [0, 0.05) is 12.8 Å². The van der Waals surface area contributed by atoms with Crippen LogP contribution in [0.2, 0.25) is 0 Å². The Kier molecular flexibility index (Phi) is 4.79. The SMILES string of the molecule is CC(C)(C)c1ccc(O)c(NC(=O)CCc2nc(-c3ccco3)no2)c1. The Balaban J connectivity index is 1.61. The van der Waals surface area contributed by atoms with Gasteiger partial charge >= 0.3 is 0 Å². The van der Waals surface area contributed by atoms with Gasteiger partial charge in [-0.3, -0.25) is 4.79 Å². The molecule has 7 heteroatoms. The summed E-state index contributed by atoms with van der Waals surface area (Å²) < 4.78 is 10.3. The van der Waals surface area contributed by atoms with Gasteiger partial charge in [-0.2, -0.15) is 4.98 Å². The molecule has 1 aromatic carbocycles. The fraction of sp³-hybridized carbons (Fsp3) is 0.316. The van der Waals surface area contributed by atoms with Gasteiger partial charge in [0.25, 0.3) is 0 Å². The van der Waals surface area contributed by atoms with Crippen LogP contribution < -0.4 is 5.32 Å². The van der Waals surface area contributed by atoms with Crippen molar-refractivity contribution in [3.63, 3.8) is 0 Å². The smallest absolute Gasteiger partial charge is 0.238 e. The maximum atomic E-state index is 12.2. The second-order valence-corrected chi connectivity index (χ2v) is 7.02. The van der Waals surface area contributed by atoms with Crippen molar-refractivity contribution < 1.29 is 18.8 Å². The van der Waals surface area contributed by atoms with E-state index in [1.165, 1.54) is 6.26 Å². The van der Waals surface area contributed by atoms with Crippen LogP contribution in [0.1, 0.15) is 38.6 Å². The Morgan fingerprint density at radius 2 is 2.08 bits per heavy atom. The van der Waals surface area contributed by atoms with Crippen LogP contribution in [0.5, 0.6) is 5.75 Å². The number of aromatic hydroxyl groups is 1. The molecule has 1 amide bonds. The number of carbonyl (C=O) groups is 1. The number of phenols is 1. The summed E-state index contributed by atoms with van der Waals surface area (Å²) in [4.78, 5) is 16.4. The molecule has 2 heterocycles. The van der Waals surface area contributed by atoms with E-state index in [2.05, 4.69) is 36.2 Å². The Bertz CT molecular complexity index is 892. The number of carbonyl (C=O) groups excluding carboxylic acids is 1. The summed E-state index contributed by atoms with van der Waals surface area (Å²) >= 11 is 0. The van der Waals surface area contributed by atoms with E-state index in [-0.39, 0.29) is 23.5 Å². The number of nitrogens with one attached hydrogen (secondary N) is 1. The first-order chi connectivity index (χ1) is 12.3. The first-order valence-corrected chi connectivity index (χ1v) is 8.33. The third kappa shape index (κ3) is 4.11. The second-order valence-electron chi connectivity index (χ2n) is 7.02. The number of amides is 1. The van der Waals surface area contributed by atoms with Crippen LogP contribution in [-0.2, 0) is 16.6 Å². The Morgan fingerprint density at radius 3 is 2.77 bits per heavy atom. The number of benzene rings is 1. The summed E-state index contributed by atoms with van der Waals surface area (Å²) in [6.45, 7) is 6.20. The lowest BCUT2D eigenvalue weighted by atomic mass is 9.87. The lowest BCUT2D eigenvalue weighted by Crippen LogP contribution is -2.15. The molecule has 2 aromatic heterocycles. The van der Waals surface area contributed by atoms with Gasteiger partial charge in [0.05, 0.1) is 12.0 Å². The van der Waals surface area contributed by atoms with Crippen molar-refractivity contribution in [2.24, 2.45) is 0 Å². The minimum Gasteiger partial charge on any atom is -0.506 e. The van der Waals surface area contributed by atoms with Crippen molar-refractivity contribution in [1.82, 2.24) is 10.1 Å². The van der Waals surface area contributed by atoms with E-state index >= 15 is 0 Å². The molecule has 0 spiro atoms. The Labute approximate surface area is 151 Å². The normalized spacial score (nSPS) is 11.5. The van der Waals surface area contributed by atoms with Crippen LogP contribution in [0.15, 0.2) is 45.5 Å². The number of hydrogen-bond acceptors (Lipinski definition) is 6. The molecular weight excluding hydrogens is 334 g/mol. The molecule has 0 atom stereocenters. The minimum atomic E-state index is -0.246. The molecule has 3 rings (SSSR count). The van der Waals surface area contributed by atoms with E-state index in [0.717, 1.165) is 5.56 Å². The molecule has 3 aromatic rings. The van der Waals surface area contributed by atoms with Crippen LogP contribution in [-0.4, -0.2) is 21.2 Å². The lowest BCUT2D eigenvalue weighted by molar-refractivity contribution is -0.116. The van der Waals surface area contributed by atoms with Gasteiger partial charge in [-0.1, -0.05) is 32.0 Å². The van der Waals surface area contributed by atoms with Crippen molar-refractivity contribution in [1.29, 1.82) is 0 Å². The van der Waals surface area contributed by atoms with E-state index < -0.39 is 0 Å². The molecule has 7 nitrogen and oxygen atoms in total. The van der Waals surface area contributed by atoms with E-state index in [1.807, 2.05) is 6.07 Å². The highest BCUT2D eigenvalue weighted by Crippen LogP contribution is 2.30. The number of aromatic nitrogens is 2. The summed E-state index contributed by atoms with van der Waals surface area (Å²) in [5.74, 6) is 0.988. The Hall–Kier alpha value is -3.09. The van der Waals surface area contributed by atoms with Gasteiger partial charge in [-0.25, -0.2) is 0 Å². The van der Waals surface area contributed by atoms with Gasteiger partial charge in [0.2, 0.25) is 17.6 Å². The topological polar surface area (TPSA) is 101 Å². The van der Waals surface area contributed by atoms with Crippen molar-refractivity contribution >= 4 is 11.6 Å². The third-order valence-electron chi connectivity index (χ3n) is 3.91. The molecule has 26 heavy (non-hydrogen) atoms. The zero-order valence-corrected chi connectivity index (χ0v) is 14.9. The summed E-state index contributed by atoms with van der Waals surface area (Å²) in [7, 11) is 0. The first-order valence-electron chi connectivity index (χ1n) is 8.33. The number of rotatable bonds is 5. The quantitative estimate of drug-likeness (QED) is 0.673. The predicted octanol–water partition coefficient (Wildman–Crippen LogP) is 3.90. The standard InChI is InChI=1S/C19H21N3O4/c1-19(2,3)12-6-7-14(23)13(11-12)20-16(24)8-9-17-21-18(22-26-17)15-5-4-10-25-15/h4-7,10-11,23H,8-9H2,1-3H3,(H,20,24). The van der Waals surface area contributed by atoms with Gasteiger partial charge < -0.3 is 19.4 Å². The molecule has 0 aliphatic rings. The van der Waals surface area contributed by atoms with Crippen LogP contribution in [0.3, 0.4) is 0 Å². The van der Waals surface area contributed by atoms with Gasteiger partial charge in [0.1, 0.15) is 5.75 Å². The van der Waals surface area contributed by atoms with E-state index in [0.29, 0.717) is 29.6 Å². The van der Waals surface area contributed by atoms with Crippen LogP contribution >= 0.6 is 0 Å². The molecule has 0 aliphatic carbocycles. The molecule has 0 bridgehead atoms. The van der Waals surface area contributed by atoms with Crippen LogP contribution in [0.4, 0.5) is 5.69 Å². The zero-order valence-electron chi connectivity index (χ0n) is 14.9. The molecule has 0 saturated heterocycles. The average molecular weight is 355 g/mol. The average Bonchev–Trinajstić information content (AvgIpc) is 3.25. The van der Waals surface area contributed by atoms with E-state index in [1.54, 1.807) is 24.3 Å². The van der Waals surface area contributed by atoms with Crippen molar-refractivity contribution in [3.05, 3.63) is 48.0 Å². The molecule has 2 N–H and O–H groups in total. The fourth-order valence-electron chi connectivity index (χ4n) is 2.40. The number of aryl methyl sites for hydroxylation is 1. The largest absolute Gasteiger partial charge is 0.506 e.